The molecule has 0 aliphatic heterocycles. The van der Waals surface area contributed by atoms with Crippen molar-refractivity contribution in [1.82, 2.24) is 9.88 Å². The summed E-state index contributed by atoms with van der Waals surface area (Å²) in [7, 11) is 3.67. The zero-order chi connectivity index (χ0) is 12.6. The van der Waals surface area contributed by atoms with E-state index in [1.165, 1.54) is 0 Å². The lowest BCUT2D eigenvalue weighted by molar-refractivity contribution is -0.121. The molecule has 1 unspecified atom stereocenters. The van der Waals surface area contributed by atoms with E-state index >= 15 is 0 Å². The van der Waals surface area contributed by atoms with Crippen molar-refractivity contribution >= 4 is 16.9 Å². The van der Waals surface area contributed by atoms with Crippen molar-refractivity contribution in [3.05, 3.63) is 34.3 Å². The summed E-state index contributed by atoms with van der Waals surface area (Å²) in [6.45, 7) is 1.54. The number of fused-ring (bicyclic) bond motifs is 1. The molecule has 17 heavy (non-hydrogen) atoms. The second-order valence-electron chi connectivity index (χ2n) is 4.25. The smallest absolute Gasteiger partial charge is 0.408 e. The highest BCUT2D eigenvalue weighted by molar-refractivity contribution is 5.84. The number of nitrogens with zero attached hydrogens (tertiary/aromatic N) is 1. The van der Waals surface area contributed by atoms with Gasteiger partial charge in [0.2, 0.25) is 0 Å². The number of aromatic amines is 1. The molecular weight excluding hydrogens is 220 g/mol. The second-order valence-corrected chi connectivity index (χ2v) is 4.25. The van der Waals surface area contributed by atoms with E-state index in [1.54, 1.807) is 19.1 Å². The Labute approximate surface area is 98.0 Å². The quantitative estimate of drug-likeness (QED) is 0.869. The average molecular weight is 234 g/mol. The summed E-state index contributed by atoms with van der Waals surface area (Å²) in [6, 6.07) is 4.97. The van der Waals surface area contributed by atoms with Gasteiger partial charge in [-0.2, -0.15) is 0 Å². The Kier molecular flexibility index (Phi) is 2.85. The molecule has 1 atom stereocenters. The number of nitrogens with one attached hydrogen (secondary N) is 1. The van der Waals surface area contributed by atoms with E-state index in [0.717, 1.165) is 5.56 Å². The summed E-state index contributed by atoms with van der Waals surface area (Å²) in [5.41, 5.74) is 1.93. The number of carbonyl (C=O) groups is 1. The number of ketones is 1. The molecule has 0 fully saturated rings. The van der Waals surface area contributed by atoms with Crippen molar-refractivity contribution < 1.29 is 9.21 Å². The van der Waals surface area contributed by atoms with Crippen LogP contribution in [0, 0.1) is 0 Å². The minimum atomic E-state index is -0.485. The minimum absolute atomic E-state index is 0.0484. The molecule has 0 aliphatic carbocycles. The van der Waals surface area contributed by atoms with Gasteiger partial charge in [-0.3, -0.25) is 14.7 Å². The van der Waals surface area contributed by atoms with Crippen LogP contribution < -0.4 is 5.76 Å². The molecule has 2 aromatic rings. The molecule has 0 amide bonds. The predicted molar refractivity (Wildman–Crippen MR) is 63.9 cm³/mol. The summed E-state index contributed by atoms with van der Waals surface area (Å²) in [5, 5.41) is 0. The van der Waals surface area contributed by atoms with Gasteiger partial charge in [0.05, 0.1) is 11.6 Å². The van der Waals surface area contributed by atoms with Gasteiger partial charge in [0.15, 0.2) is 11.4 Å². The van der Waals surface area contributed by atoms with Crippen molar-refractivity contribution in [2.75, 3.05) is 14.1 Å². The van der Waals surface area contributed by atoms with Gasteiger partial charge in [0, 0.05) is 0 Å². The Bertz CT molecular complexity index is 609. The fourth-order valence-electron chi connectivity index (χ4n) is 2.03. The Morgan fingerprint density at radius 3 is 2.71 bits per heavy atom. The predicted octanol–water partition coefficient (Wildman–Crippen LogP) is 1.31. The van der Waals surface area contributed by atoms with Crippen LogP contribution in [0.4, 0.5) is 0 Å². The van der Waals surface area contributed by atoms with Crippen molar-refractivity contribution in [2.24, 2.45) is 0 Å². The Morgan fingerprint density at radius 2 is 2.12 bits per heavy atom. The Hall–Kier alpha value is -1.88. The number of oxazole rings is 1. The van der Waals surface area contributed by atoms with Crippen LogP contribution >= 0.6 is 0 Å². The number of aromatic nitrogens is 1. The molecule has 5 nitrogen and oxygen atoms in total. The lowest BCUT2D eigenvalue weighted by Crippen LogP contribution is -2.25. The SMILES string of the molecule is CC(=O)C(c1ccc2[nH]c(=O)oc2c1)N(C)C. The highest BCUT2D eigenvalue weighted by Gasteiger charge is 2.19. The Balaban J connectivity index is 2.54. The van der Waals surface area contributed by atoms with E-state index in [2.05, 4.69) is 4.98 Å². The summed E-state index contributed by atoms with van der Waals surface area (Å²) < 4.78 is 4.98. The number of likely N-dealkylation sites (N-methyl/N-ethyl adjacent to an activating group) is 1. The van der Waals surface area contributed by atoms with E-state index in [1.807, 2.05) is 25.1 Å². The number of Topliss-reactive ketones (excluding diaryl/α,β-unsaturated/α-hetero) is 1. The van der Waals surface area contributed by atoms with E-state index in [-0.39, 0.29) is 11.8 Å². The van der Waals surface area contributed by atoms with E-state index in [0.29, 0.717) is 11.1 Å². The maximum absolute atomic E-state index is 11.6. The van der Waals surface area contributed by atoms with Gasteiger partial charge >= 0.3 is 5.76 Å². The first-order valence-corrected chi connectivity index (χ1v) is 5.28. The lowest BCUT2D eigenvalue weighted by atomic mass is 10.0. The maximum atomic E-state index is 11.6. The number of H-pyrrole nitrogens is 1. The molecule has 0 bridgehead atoms. The zero-order valence-corrected chi connectivity index (χ0v) is 9.98. The molecule has 5 heteroatoms. The van der Waals surface area contributed by atoms with Crippen LogP contribution in [0.3, 0.4) is 0 Å². The number of hydrogen-bond donors (Lipinski definition) is 1. The first-order valence-electron chi connectivity index (χ1n) is 5.28. The lowest BCUT2D eigenvalue weighted by Gasteiger charge is -2.21. The van der Waals surface area contributed by atoms with Crippen LogP contribution in [0.25, 0.3) is 11.1 Å². The fourth-order valence-corrected chi connectivity index (χ4v) is 2.03. The first kappa shape index (κ1) is 11.6. The van der Waals surface area contributed by atoms with Gasteiger partial charge in [-0.25, -0.2) is 4.79 Å². The van der Waals surface area contributed by atoms with Gasteiger partial charge in [0.1, 0.15) is 0 Å². The molecule has 1 heterocycles. The monoisotopic (exact) mass is 234 g/mol. The summed E-state index contributed by atoms with van der Waals surface area (Å²) in [6.07, 6.45) is 0. The first-order chi connectivity index (χ1) is 7.99. The van der Waals surface area contributed by atoms with Crippen LogP contribution in [0.15, 0.2) is 27.4 Å². The minimum Gasteiger partial charge on any atom is -0.408 e. The van der Waals surface area contributed by atoms with Crippen molar-refractivity contribution in [3.8, 4) is 0 Å². The standard InChI is InChI=1S/C12H14N2O3/c1-7(15)11(14(2)3)8-4-5-9-10(6-8)17-12(16)13-9/h4-6,11H,1-3H3,(H,13,16). The molecule has 1 N–H and O–H groups in total. The third kappa shape index (κ3) is 2.14. The molecule has 2 rings (SSSR count). The maximum Gasteiger partial charge on any atom is 0.417 e. The molecule has 0 saturated heterocycles. The molecule has 1 aromatic carbocycles. The largest absolute Gasteiger partial charge is 0.417 e. The van der Waals surface area contributed by atoms with Gasteiger partial charge in [-0.05, 0) is 38.7 Å². The summed E-state index contributed by atoms with van der Waals surface area (Å²) in [4.78, 5) is 27.0. The van der Waals surface area contributed by atoms with Gasteiger partial charge in [-0.15, -0.1) is 0 Å². The molecule has 1 aromatic heterocycles. The van der Waals surface area contributed by atoms with Gasteiger partial charge in [-0.1, -0.05) is 6.07 Å². The van der Waals surface area contributed by atoms with Gasteiger partial charge < -0.3 is 4.42 Å². The van der Waals surface area contributed by atoms with E-state index in [9.17, 15) is 9.59 Å². The molecule has 0 saturated carbocycles. The van der Waals surface area contributed by atoms with Crippen LogP contribution in [0.1, 0.15) is 18.5 Å². The van der Waals surface area contributed by atoms with Crippen molar-refractivity contribution in [2.45, 2.75) is 13.0 Å². The van der Waals surface area contributed by atoms with Crippen LogP contribution in [-0.4, -0.2) is 29.8 Å². The molecule has 0 spiro atoms. The number of hydrogen-bond acceptors (Lipinski definition) is 4. The van der Waals surface area contributed by atoms with Crippen molar-refractivity contribution in [1.29, 1.82) is 0 Å². The third-order valence-electron chi connectivity index (χ3n) is 2.66. The fraction of sp³-hybridized carbons (Fsp3) is 0.333. The summed E-state index contributed by atoms with van der Waals surface area (Å²) >= 11 is 0. The normalized spacial score (nSPS) is 13.2. The van der Waals surface area contributed by atoms with Gasteiger partial charge in [0.25, 0.3) is 0 Å². The average Bonchev–Trinajstić information content (AvgIpc) is 2.56. The molecule has 0 aliphatic rings. The summed E-state index contributed by atoms with van der Waals surface area (Å²) in [5.74, 6) is -0.436. The Morgan fingerprint density at radius 1 is 1.41 bits per heavy atom. The second kappa shape index (κ2) is 4.18. The zero-order valence-electron chi connectivity index (χ0n) is 9.98. The van der Waals surface area contributed by atoms with Crippen LogP contribution in [-0.2, 0) is 4.79 Å². The molecular formula is C12H14N2O3. The number of benzene rings is 1. The highest BCUT2D eigenvalue weighted by atomic mass is 16.4. The number of carbonyl (C=O) groups excluding carboxylic acids is 1. The molecule has 90 valence electrons. The van der Waals surface area contributed by atoms with Crippen LogP contribution in [0.5, 0.6) is 0 Å². The highest BCUT2D eigenvalue weighted by Crippen LogP contribution is 2.22. The third-order valence-corrected chi connectivity index (χ3v) is 2.66. The van der Waals surface area contributed by atoms with E-state index < -0.39 is 5.76 Å². The topological polar surface area (TPSA) is 66.3 Å². The molecule has 0 radical (unpaired) electrons. The van der Waals surface area contributed by atoms with Crippen LogP contribution in [0.2, 0.25) is 0 Å². The van der Waals surface area contributed by atoms with Crippen molar-refractivity contribution in [3.63, 3.8) is 0 Å². The van der Waals surface area contributed by atoms with E-state index in [4.69, 9.17) is 4.42 Å². The number of rotatable bonds is 3.